The lowest BCUT2D eigenvalue weighted by Gasteiger charge is -2.21. The summed E-state index contributed by atoms with van der Waals surface area (Å²) in [5.74, 6) is 0.565. The molecule has 1 aliphatic carbocycles. The Labute approximate surface area is 111 Å². The van der Waals surface area contributed by atoms with Crippen molar-refractivity contribution in [3.05, 3.63) is 23.8 Å². The maximum Gasteiger partial charge on any atom is 0.344 e. The van der Waals surface area contributed by atoms with Gasteiger partial charge in [0, 0.05) is 0 Å². The minimum absolute atomic E-state index is 0.0256. The second-order valence-corrected chi connectivity index (χ2v) is 6.09. The van der Waals surface area contributed by atoms with E-state index in [1.165, 1.54) is 0 Å². The first-order valence-electron chi connectivity index (χ1n) is 6.23. The maximum absolute atomic E-state index is 11.5. The monoisotopic (exact) mass is 281 g/mol. The molecule has 102 valence electrons. The molecule has 1 fully saturated rings. The lowest BCUT2D eigenvalue weighted by atomic mass is 10.1. The van der Waals surface area contributed by atoms with Gasteiger partial charge < -0.3 is 10.5 Å². The van der Waals surface area contributed by atoms with Gasteiger partial charge in [-0.15, -0.1) is 4.40 Å². The Morgan fingerprint density at radius 1 is 1.32 bits per heavy atom. The number of rotatable bonds is 2. The van der Waals surface area contributed by atoms with Crippen molar-refractivity contribution in [3.8, 4) is 5.75 Å². The second-order valence-electron chi connectivity index (χ2n) is 4.76. The summed E-state index contributed by atoms with van der Waals surface area (Å²) in [6.45, 7) is 0. The van der Waals surface area contributed by atoms with Crippen molar-refractivity contribution >= 4 is 21.7 Å². The highest BCUT2D eigenvalue weighted by Crippen LogP contribution is 2.33. The van der Waals surface area contributed by atoms with Crippen LogP contribution in [0, 0.1) is 0 Å². The molecule has 19 heavy (non-hydrogen) atoms. The third-order valence-electron chi connectivity index (χ3n) is 3.34. The standard InChI is InChI=1S/C12H15N3O3S/c13-12-11-9(14-19(16,17)15-12)6-3-7-10(11)18-8-4-1-2-5-8/h3,6-8,14H,1-2,4-5H2,(H2,13,15). The number of hydrogen-bond donors (Lipinski definition) is 2. The van der Waals surface area contributed by atoms with Gasteiger partial charge in [-0.1, -0.05) is 6.07 Å². The molecule has 0 atom stereocenters. The number of amidine groups is 1. The first-order chi connectivity index (χ1) is 9.05. The summed E-state index contributed by atoms with van der Waals surface area (Å²) in [5, 5.41) is 0. The van der Waals surface area contributed by atoms with E-state index in [1.807, 2.05) is 0 Å². The van der Waals surface area contributed by atoms with E-state index in [0.717, 1.165) is 25.7 Å². The van der Waals surface area contributed by atoms with Crippen molar-refractivity contribution in [1.29, 1.82) is 0 Å². The van der Waals surface area contributed by atoms with E-state index < -0.39 is 10.2 Å². The third-order valence-corrected chi connectivity index (χ3v) is 4.25. The number of anilines is 1. The van der Waals surface area contributed by atoms with Crippen LogP contribution in [0.4, 0.5) is 5.69 Å². The van der Waals surface area contributed by atoms with E-state index in [4.69, 9.17) is 10.5 Å². The summed E-state index contributed by atoms with van der Waals surface area (Å²) < 4.78 is 34.7. The van der Waals surface area contributed by atoms with E-state index in [9.17, 15) is 8.42 Å². The molecule has 2 aliphatic rings. The number of benzene rings is 1. The number of nitrogens with one attached hydrogen (secondary N) is 1. The van der Waals surface area contributed by atoms with Crippen LogP contribution in [0.15, 0.2) is 22.6 Å². The summed E-state index contributed by atoms with van der Waals surface area (Å²) >= 11 is 0. The van der Waals surface area contributed by atoms with Gasteiger partial charge in [0.2, 0.25) is 0 Å². The first kappa shape index (κ1) is 12.3. The molecule has 1 aromatic carbocycles. The molecule has 1 heterocycles. The lowest BCUT2D eigenvalue weighted by Crippen LogP contribution is -2.27. The molecular weight excluding hydrogens is 266 g/mol. The quantitative estimate of drug-likeness (QED) is 0.856. The molecule has 3 rings (SSSR count). The highest BCUT2D eigenvalue weighted by molar-refractivity contribution is 7.91. The molecule has 1 aromatic rings. The Morgan fingerprint density at radius 3 is 2.79 bits per heavy atom. The van der Waals surface area contributed by atoms with Gasteiger partial charge in [0.25, 0.3) is 0 Å². The molecule has 1 aliphatic heterocycles. The van der Waals surface area contributed by atoms with Crippen LogP contribution in [0.5, 0.6) is 5.75 Å². The number of nitrogens with two attached hydrogens (primary N) is 1. The Bertz CT molecular complexity index is 634. The normalized spacial score (nSPS) is 21.4. The lowest BCUT2D eigenvalue weighted by molar-refractivity contribution is 0.210. The molecule has 0 saturated heterocycles. The Morgan fingerprint density at radius 2 is 2.05 bits per heavy atom. The summed E-state index contributed by atoms with van der Waals surface area (Å²) in [6.07, 6.45) is 4.54. The zero-order valence-corrected chi connectivity index (χ0v) is 11.1. The largest absolute Gasteiger partial charge is 0.490 e. The predicted molar refractivity (Wildman–Crippen MR) is 72.6 cm³/mol. The highest BCUT2D eigenvalue weighted by Gasteiger charge is 2.26. The van der Waals surface area contributed by atoms with Crippen molar-refractivity contribution in [1.82, 2.24) is 0 Å². The molecule has 0 radical (unpaired) electrons. The van der Waals surface area contributed by atoms with Gasteiger partial charge in [-0.25, -0.2) is 0 Å². The Balaban J connectivity index is 1.99. The number of ether oxygens (including phenoxy) is 1. The Hall–Kier alpha value is -1.76. The SMILES string of the molecule is NC1=NS(=O)(=O)Nc2cccc(OC3CCCC3)c21. The van der Waals surface area contributed by atoms with Crippen LogP contribution in [0.3, 0.4) is 0 Å². The molecule has 0 aromatic heterocycles. The van der Waals surface area contributed by atoms with E-state index in [2.05, 4.69) is 9.12 Å². The molecule has 7 heteroatoms. The van der Waals surface area contributed by atoms with E-state index in [1.54, 1.807) is 18.2 Å². The van der Waals surface area contributed by atoms with Crippen molar-refractivity contribution < 1.29 is 13.2 Å². The zero-order chi connectivity index (χ0) is 13.5. The fraction of sp³-hybridized carbons (Fsp3) is 0.417. The fourth-order valence-electron chi connectivity index (χ4n) is 2.50. The van der Waals surface area contributed by atoms with Gasteiger partial charge in [0.05, 0.1) is 17.4 Å². The molecule has 0 bridgehead atoms. The summed E-state index contributed by atoms with van der Waals surface area (Å²) in [7, 11) is -3.73. The number of fused-ring (bicyclic) bond motifs is 1. The van der Waals surface area contributed by atoms with Crippen LogP contribution in [0.1, 0.15) is 31.2 Å². The summed E-state index contributed by atoms with van der Waals surface area (Å²) in [4.78, 5) is 0. The fourth-order valence-corrected chi connectivity index (χ4v) is 3.35. The molecule has 6 nitrogen and oxygen atoms in total. The summed E-state index contributed by atoms with van der Waals surface area (Å²) in [5.41, 5.74) is 6.70. The van der Waals surface area contributed by atoms with Crippen LogP contribution < -0.4 is 15.2 Å². The maximum atomic E-state index is 11.5. The van der Waals surface area contributed by atoms with Crippen LogP contribution in [0.2, 0.25) is 0 Å². The molecule has 0 unspecified atom stereocenters. The smallest absolute Gasteiger partial charge is 0.344 e. The third kappa shape index (κ3) is 2.37. The van der Waals surface area contributed by atoms with E-state index in [-0.39, 0.29) is 11.9 Å². The minimum Gasteiger partial charge on any atom is -0.490 e. The zero-order valence-electron chi connectivity index (χ0n) is 10.3. The average Bonchev–Trinajstić information content (AvgIpc) is 2.79. The molecule has 1 saturated carbocycles. The van der Waals surface area contributed by atoms with E-state index in [0.29, 0.717) is 17.0 Å². The van der Waals surface area contributed by atoms with Crippen molar-refractivity contribution in [3.63, 3.8) is 0 Å². The van der Waals surface area contributed by atoms with Crippen LogP contribution in [0.25, 0.3) is 0 Å². The highest BCUT2D eigenvalue weighted by atomic mass is 32.2. The number of hydrogen-bond acceptors (Lipinski definition) is 4. The van der Waals surface area contributed by atoms with Crippen LogP contribution in [-0.4, -0.2) is 20.4 Å². The first-order valence-corrected chi connectivity index (χ1v) is 7.67. The average molecular weight is 281 g/mol. The molecular formula is C12H15N3O3S. The predicted octanol–water partition coefficient (Wildman–Crippen LogP) is 1.38. The van der Waals surface area contributed by atoms with Crippen LogP contribution in [-0.2, 0) is 10.2 Å². The van der Waals surface area contributed by atoms with Gasteiger partial charge in [0.1, 0.15) is 5.75 Å². The minimum atomic E-state index is -3.73. The van der Waals surface area contributed by atoms with Gasteiger partial charge in [-0.2, -0.15) is 8.42 Å². The molecule has 3 N–H and O–H groups in total. The Kier molecular flexibility index (Phi) is 2.85. The molecule has 0 spiro atoms. The van der Waals surface area contributed by atoms with Gasteiger partial charge in [0.15, 0.2) is 5.84 Å². The molecule has 0 amide bonds. The summed E-state index contributed by atoms with van der Waals surface area (Å²) in [6, 6.07) is 5.18. The topological polar surface area (TPSA) is 93.8 Å². The van der Waals surface area contributed by atoms with Crippen molar-refractivity contribution in [2.75, 3.05) is 4.72 Å². The van der Waals surface area contributed by atoms with E-state index >= 15 is 0 Å². The van der Waals surface area contributed by atoms with Crippen molar-refractivity contribution in [2.45, 2.75) is 31.8 Å². The van der Waals surface area contributed by atoms with Gasteiger partial charge >= 0.3 is 10.2 Å². The number of nitrogens with zero attached hydrogens (tertiary/aromatic N) is 1. The second kappa shape index (κ2) is 4.41. The van der Waals surface area contributed by atoms with Gasteiger partial charge in [-0.05, 0) is 37.8 Å². The van der Waals surface area contributed by atoms with Crippen molar-refractivity contribution in [2.24, 2.45) is 10.1 Å². The van der Waals surface area contributed by atoms with Gasteiger partial charge in [-0.3, -0.25) is 4.72 Å². The van der Waals surface area contributed by atoms with Crippen LogP contribution >= 0.6 is 0 Å².